The van der Waals surface area contributed by atoms with E-state index in [1.165, 1.54) is 17.4 Å². The Kier molecular flexibility index (Phi) is 6.93. The molecule has 0 fully saturated rings. The molecule has 29 heavy (non-hydrogen) atoms. The van der Waals surface area contributed by atoms with Crippen LogP contribution in [0.1, 0.15) is 46.1 Å². The van der Waals surface area contributed by atoms with Crippen LogP contribution in [0.4, 0.5) is 5.00 Å². The lowest BCUT2D eigenvalue weighted by atomic mass is 9.95. The van der Waals surface area contributed by atoms with Gasteiger partial charge >= 0.3 is 5.97 Å². The Morgan fingerprint density at radius 2 is 1.97 bits per heavy atom. The van der Waals surface area contributed by atoms with E-state index < -0.39 is 0 Å². The lowest BCUT2D eigenvalue weighted by Gasteiger charge is -2.12. The molecule has 1 aromatic heterocycles. The zero-order valence-corrected chi connectivity index (χ0v) is 17.7. The minimum atomic E-state index is -0.374. The Labute approximate surface area is 174 Å². The second kappa shape index (κ2) is 9.60. The Morgan fingerprint density at radius 1 is 1.17 bits per heavy atom. The molecule has 1 heterocycles. The molecule has 1 aromatic carbocycles. The van der Waals surface area contributed by atoms with Crippen molar-refractivity contribution in [2.45, 2.75) is 32.6 Å². The number of nitrogens with one attached hydrogen (secondary N) is 1. The van der Waals surface area contributed by atoms with Gasteiger partial charge in [-0.2, -0.15) is 0 Å². The topological polar surface area (TPSA) is 73.9 Å². The number of carbonyl (C=O) groups is 2. The number of thiophene rings is 1. The predicted octanol–water partition coefficient (Wildman–Crippen LogP) is 4.47. The molecular formula is C22H25NO5S. The molecule has 0 saturated carbocycles. The Balaban J connectivity index is 1.83. The van der Waals surface area contributed by atoms with Crippen molar-refractivity contribution in [1.29, 1.82) is 0 Å². The predicted molar refractivity (Wildman–Crippen MR) is 114 cm³/mol. The minimum Gasteiger partial charge on any atom is -0.497 e. The first-order valence-electron chi connectivity index (χ1n) is 9.60. The molecule has 0 unspecified atom stereocenters. The number of amides is 1. The maximum Gasteiger partial charge on any atom is 0.341 e. The van der Waals surface area contributed by atoms with E-state index in [0.29, 0.717) is 28.7 Å². The zero-order valence-electron chi connectivity index (χ0n) is 16.9. The van der Waals surface area contributed by atoms with Gasteiger partial charge in [0.25, 0.3) is 0 Å². The highest BCUT2D eigenvalue weighted by Gasteiger charge is 2.26. The van der Waals surface area contributed by atoms with Crippen LogP contribution in [0.2, 0.25) is 0 Å². The summed E-state index contributed by atoms with van der Waals surface area (Å²) in [6, 6.07) is 5.36. The third-order valence-corrected chi connectivity index (χ3v) is 5.95. The number of esters is 1. The highest BCUT2D eigenvalue weighted by atomic mass is 32.1. The van der Waals surface area contributed by atoms with E-state index in [9.17, 15) is 9.59 Å². The average Bonchev–Trinajstić information content (AvgIpc) is 3.09. The molecule has 1 N–H and O–H groups in total. The summed E-state index contributed by atoms with van der Waals surface area (Å²) in [7, 11) is 3.15. The van der Waals surface area contributed by atoms with Gasteiger partial charge in [0.05, 0.1) is 26.4 Å². The van der Waals surface area contributed by atoms with Crippen LogP contribution in [0.5, 0.6) is 11.5 Å². The number of hydrogen-bond acceptors (Lipinski definition) is 6. The highest BCUT2D eigenvalue weighted by Crippen LogP contribution is 2.38. The SMILES string of the molecule is CCOC(=O)c1c(NC(=O)/C=C/c2cc(OC)ccc2OC)sc2c1CCCC2. The fourth-order valence-electron chi connectivity index (χ4n) is 3.36. The van der Waals surface area contributed by atoms with E-state index in [4.69, 9.17) is 14.2 Å². The molecular weight excluding hydrogens is 390 g/mol. The van der Waals surface area contributed by atoms with Gasteiger partial charge in [-0.15, -0.1) is 11.3 Å². The second-order valence-electron chi connectivity index (χ2n) is 6.57. The molecule has 1 amide bonds. The maximum atomic E-state index is 12.6. The summed E-state index contributed by atoms with van der Waals surface area (Å²) >= 11 is 1.47. The summed E-state index contributed by atoms with van der Waals surface area (Å²) in [6.45, 7) is 2.08. The van der Waals surface area contributed by atoms with Crippen LogP contribution in [-0.4, -0.2) is 32.7 Å². The number of methoxy groups -OCH3 is 2. The van der Waals surface area contributed by atoms with Crippen molar-refractivity contribution in [2.24, 2.45) is 0 Å². The fourth-order valence-corrected chi connectivity index (χ4v) is 4.64. The molecule has 6 nitrogen and oxygen atoms in total. The van der Waals surface area contributed by atoms with Gasteiger partial charge in [-0.1, -0.05) is 0 Å². The smallest absolute Gasteiger partial charge is 0.341 e. The van der Waals surface area contributed by atoms with Crippen LogP contribution in [0.3, 0.4) is 0 Å². The van der Waals surface area contributed by atoms with Gasteiger partial charge in [-0.25, -0.2) is 4.79 Å². The first kappa shape index (κ1) is 20.9. The molecule has 0 spiro atoms. The molecule has 3 rings (SSSR count). The minimum absolute atomic E-state index is 0.298. The van der Waals surface area contributed by atoms with Crippen molar-refractivity contribution in [3.63, 3.8) is 0 Å². The van der Waals surface area contributed by atoms with Crippen molar-refractivity contribution in [3.05, 3.63) is 45.8 Å². The molecule has 0 aliphatic heterocycles. The van der Waals surface area contributed by atoms with E-state index in [0.717, 1.165) is 41.7 Å². The van der Waals surface area contributed by atoms with Gasteiger partial charge < -0.3 is 19.5 Å². The highest BCUT2D eigenvalue weighted by molar-refractivity contribution is 7.17. The van der Waals surface area contributed by atoms with Crippen LogP contribution < -0.4 is 14.8 Å². The number of aryl methyl sites for hydroxylation is 1. The zero-order chi connectivity index (χ0) is 20.8. The summed E-state index contributed by atoms with van der Waals surface area (Å²) in [6.07, 6.45) is 6.99. The maximum absolute atomic E-state index is 12.6. The van der Waals surface area contributed by atoms with Gasteiger partial charge in [0.2, 0.25) is 5.91 Å². The van der Waals surface area contributed by atoms with Crippen LogP contribution >= 0.6 is 11.3 Å². The van der Waals surface area contributed by atoms with E-state index in [1.54, 1.807) is 45.4 Å². The van der Waals surface area contributed by atoms with Gasteiger partial charge in [-0.05, 0) is 62.4 Å². The summed E-state index contributed by atoms with van der Waals surface area (Å²) < 4.78 is 15.8. The quantitative estimate of drug-likeness (QED) is 0.533. The van der Waals surface area contributed by atoms with Crippen LogP contribution in [0, 0.1) is 0 Å². The summed E-state index contributed by atoms with van der Waals surface area (Å²) in [5.74, 6) is 0.606. The van der Waals surface area contributed by atoms with Crippen molar-refractivity contribution < 1.29 is 23.8 Å². The molecule has 0 bridgehead atoms. The van der Waals surface area contributed by atoms with Crippen LogP contribution in [0.15, 0.2) is 24.3 Å². The third kappa shape index (κ3) is 4.79. The molecule has 0 saturated heterocycles. The normalized spacial score (nSPS) is 13.1. The molecule has 0 atom stereocenters. The lowest BCUT2D eigenvalue weighted by molar-refractivity contribution is -0.111. The van der Waals surface area contributed by atoms with Crippen LogP contribution in [-0.2, 0) is 22.4 Å². The van der Waals surface area contributed by atoms with E-state index in [2.05, 4.69) is 5.32 Å². The van der Waals surface area contributed by atoms with Gasteiger partial charge in [0, 0.05) is 16.5 Å². The molecule has 7 heteroatoms. The second-order valence-corrected chi connectivity index (χ2v) is 7.67. The number of hydrogen-bond donors (Lipinski definition) is 1. The van der Waals surface area contributed by atoms with Gasteiger partial charge in [0.15, 0.2) is 0 Å². The monoisotopic (exact) mass is 415 g/mol. The Morgan fingerprint density at radius 3 is 2.69 bits per heavy atom. The largest absolute Gasteiger partial charge is 0.497 e. The number of benzene rings is 1. The molecule has 1 aliphatic carbocycles. The number of fused-ring (bicyclic) bond motifs is 1. The lowest BCUT2D eigenvalue weighted by Crippen LogP contribution is -2.14. The molecule has 0 radical (unpaired) electrons. The van der Waals surface area contributed by atoms with E-state index >= 15 is 0 Å². The molecule has 154 valence electrons. The first-order chi connectivity index (χ1) is 14.1. The first-order valence-corrected chi connectivity index (χ1v) is 10.4. The fraction of sp³-hybridized carbons (Fsp3) is 0.364. The van der Waals surface area contributed by atoms with E-state index in [-0.39, 0.29) is 11.9 Å². The molecule has 2 aromatic rings. The summed E-state index contributed by atoms with van der Waals surface area (Å²) in [5, 5.41) is 3.42. The Bertz CT molecular complexity index is 932. The standard InChI is InChI=1S/C22H25NO5S/c1-4-28-22(25)20-16-7-5-6-8-18(16)29-21(20)23-19(24)12-9-14-13-15(26-2)10-11-17(14)27-3/h9-13H,4-8H2,1-3H3,(H,23,24)/b12-9+. The van der Waals surface area contributed by atoms with Crippen molar-refractivity contribution in [3.8, 4) is 11.5 Å². The summed E-state index contributed by atoms with van der Waals surface area (Å²) in [5.41, 5.74) is 2.25. The number of carbonyl (C=O) groups excluding carboxylic acids is 2. The number of ether oxygens (including phenoxy) is 3. The number of rotatable bonds is 7. The van der Waals surface area contributed by atoms with E-state index in [1.807, 2.05) is 0 Å². The van der Waals surface area contributed by atoms with Crippen molar-refractivity contribution in [1.82, 2.24) is 0 Å². The van der Waals surface area contributed by atoms with Gasteiger partial charge in [0.1, 0.15) is 16.5 Å². The van der Waals surface area contributed by atoms with Crippen LogP contribution in [0.25, 0.3) is 6.08 Å². The summed E-state index contributed by atoms with van der Waals surface area (Å²) in [4.78, 5) is 26.2. The molecule has 1 aliphatic rings. The third-order valence-electron chi connectivity index (χ3n) is 4.74. The van der Waals surface area contributed by atoms with Crippen molar-refractivity contribution in [2.75, 3.05) is 26.1 Å². The van der Waals surface area contributed by atoms with Crippen molar-refractivity contribution >= 4 is 34.3 Å². The number of anilines is 1. The van der Waals surface area contributed by atoms with Gasteiger partial charge in [-0.3, -0.25) is 4.79 Å². The average molecular weight is 416 g/mol. The Hall–Kier alpha value is -2.80.